The molecule has 0 saturated heterocycles. The molecule has 0 bridgehead atoms. The quantitative estimate of drug-likeness (QED) is 0.738. The van der Waals surface area contributed by atoms with Crippen molar-refractivity contribution in [2.45, 2.75) is 0 Å². The second-order valence-corrected chi connectivity index (χ2v) is 4.73. The van der Waals surface area contributed by atoms with Crippen molar-refractivity contribution < 1.29 is 8.42 Å². The smallest absolute Gasteiger partial charge is 0.229 e. The molecule has 0 fully saturated rings. The van der Waals surface area contributed by atoms with Crippen LogP contribution in [0.15, 0.2) is 18.2 Å². The van der Waals surface area contributed by atoms with Crippen molar-refractivity contribution in [3.63, 3.8) is 0 Å². The van der Waals surface area contributed by atoms with Crippen LogP contribution < -0.4 is 10.5 Å². The van der Waals surface area contributed by atoms with Crippen LogP contribution in [0, 0.1) is 0 Å². The number of nitrogens with two attached hydrogens (primary N) is 1. The molecule has 0 heterocycles. The van der Waals surface area contributed by atoms with Crippen molar-refractivity contribution in [1.82, 2.24) is 0 Å². The van der Waals surface area contributed by atoms with Crippen LogP contribution in [0.3, 0.4) is 0 Å². The first-order valence-corrected chi connectivity index (χ1v) is 5.69. The third-order valence-corrected chi connectivity index (χ3v) is 2.22. The molecule has 13 heavy (non-hydrogen) atoms. The van der Waals surface area contributed by atoms with Gasteiger partial charge in [0.05, 0.1) is 22.7 Å². The van der Waals surface area contributed by atoms with E-state index in [0.29, 0.717) is 5.69 Å². The molecule has 3 N–H and O–H groups in total. The van der Waals surface area contributed by atoms with Crippen molar-refractivity contribution in [2.24, 2.45) is 0 Å². The maximum atomic E-state index is 10.9. The number of hydrogen-bond donors (Lipinski definition) is 2. The van der Waals surface area contributed by atoms with Gasteiger partial charge in [0.15, 0.2) is 0 Å². The van der Waals surface area contributed by atoms with E-state index in [1.165, 1.54) is 0 Å². The number of nitrogens with one attached hydrogen (secondary N) is 1. The predicted molar refractivity (Wildman–Crippen MR) is 54.3 cm³/mol. The molecule has 0 unspecified atom stereocenters. The maximum absolute atomic E-state index is 10.9. The Hall–Kier alpha value is -0.940. The summed E-state index contributed by atoms with van der Waals surface area (Å²) in [6.07, 6.45) is 1.04. The Bertz CT molecular complexity index is 396. The lowest BCUT2D eigenvalue weighted by Gasteiger charge is -2.08. The van der Waals surface area contributed by atoms with Gasteiger partial charge in [0, 0.05) is 0 Å². The summed E-state index contributed by atoms with van der Waals surface area (Å²) in [4.78, 5) is 0. The highest BCUT2D eigenvalue weighted by Gasteiger charge is 2.08. The summed E-state index contributed by atoms with van der Waals surface area (Å²) in [5, 5.41) is 0.283. The lowest BCUT2D eigenvalue weighted by atomic mass is 10.3. The van der Waals surface area contributed by atoms with Crippen molar-refractivity contribution in [2.75, 3.05) is 16.7 Å². The van der Waals surface area contributed by atoms with Gasteiger partial charge in [0.1, 0.15) is 0 Å². The molecule has 0 atom stereocenters. The summed E-state index contributed by atoms with van der Waals surface area (Å²) >= 11 is 5.73. The lowest BCUT2D eigenvalue weighted by molar-refractivity contribution is 0.607. The molecule has 0 radical (unpaired) electrons. The van der Waals surface area contributed by atoms with Crippen LogP contribution >= 0.6 is 11.6 Å². The van der Waals surface area contributed by atoms with Gasteiger partial charge in [-0.25, -0.2) is 8.42 Å². The number of rotatable bonds is 2. The lowest BCUT2D eigenvalue weighted by Crippen LogP contribution is -2.11. The SMILES string of the molecule is CS(=O)(=O)Nc1c(N)cccc1Cl. The first-order chi connectivity index (χ1) is 5.90. The fraction of sp³-hybridized carbons (Fsp3) is 0.143. The van der Waals surface area contributed by atoms with E-state index in [4.69, 9.17) is 17.3 Å². The molecule has 72 valence electrons. The van der Waals surface area contributed by atoms with Crippen LogP contribution in [0.25, 0.3) is 0 Å². The van der Waals surface area contributed by atoms with Crippen molar-refractivity contribution >= 4 is 33.0 Å². The van der Waals surface area contributed by atoms with E-state index in [2.05, 4.69) is 4.72 Å². The fourth-order valence-corrected chi connectivity index (χ4v) is 1.72. The molecule has 1 aromatic rings. The Morgan fingerprint density at radius 3 is 2.54 bits per heavy atom. The van der Waals surface area contributed by atoms with Gasteiger partial charge in [-0.3, -0.25) is 4.72 Å². The number of benzene rings is 1. The number of anilines is 2. The Morgan fingerprint density at radius 2 is 2.08 bits per heavy atom. The molecule has 4 nitrogen and oxygen atoms in total. The minimum absolute atomic E-state index is 0.228. The molecule has 0 aliphatic carbocycles. The fourth-order valence-electron chi connectivity index (χ4n) is 0.834. The van der Waals surface area contributed by atoms with Crippen LogP contribution in [0.2, 0.25) is 5.02 Å². The number of nitrogen functional groups attached to an aromatic ring is 1. The summed E-state index contributed by atoms with van der Waals surface area (Å²) < 4.78 is 24.0. The highest BCUT2D eigenvalue weighted by Crippen LogP contribution is 2.28. The zero-order valence-corrected chi connectivity index (χ0v) is 8.48. The third-order valence-electron chi connectivity index (χ3n) is 1.33. The molecule has 0 aliphatic rings. The summed E-state index contributed by atoms with van der Waals surface area (Å²) in [5.41, 5.74) is 6.05. The number of para-hydroxylation sites is 1. The van der Waals surface area contributed by atoms with Gasteiger partial charge < -0.3 is 5.73 Å². The second kappa shape index (κ2) is 3.43. The van der Waals surface area contributed by atoms with Gasteiger partial charge in [0.2, 0.25) is 10.0 Å². The van der Waals surface area contributed by atoms with Gasteiger partial charge in [-0.05, 0) is 12.1 Å². The number of halogens is 1. The van der Waals surface area contributed by atoms with Crippen molar-refractivity contribution in [3.8, 4) is 0 Å². The van der Waals surface area contributed by atoms with Crippen LogP contribution in [-0.4, -0.2) is 14.7 Å². The molecule has 0 saturated carbocycles. The minimum atomic E-state index is -3.34. The number of sulfonamides is 1. The Morgan fingerprint density at radius 1 is 1.46 bits per heavy atom. The first kappa shape index (κ1) is 10.1. The second-order valence-electron chi connectivity index (χ2n) is 2.58. The molecule has 0 aliphatic heterocycles. The van der Waals surface area contributed by atoms with Crippen LogP contribution in [-0.2, 0) is 10.0 Å². The highest BCUT2D eigenvalue weighted by molar-refractivity contribution is 7.92. The standard InChI is InChI=1S/C7H9ClN2O2S/c1-13(11,12)10-7-5(8)3-2-4-6(7)9/h2-4,10H,9H2,1H3. The minimum Gasteiger partial charge on any atom is -0.397 e. The average Bonchev–Trinajstić information content (AvgIpc) is 1.95. The normalized spacial score (nSPS) is 11.2. The van der Waals surface area contributed by atoms with E-state index in [0.717, 1.165) is 6.26 Å². The van der Waals surface area contributed by atoms with E-state index in [1.807, 2.05) is 0 Å². The van der Waals surface area contributed by atoms with E-state index < -0.39 is 10.0 Å². The van der Waals surface area contributed by atoms with Gasteiger partial charge in [-0.1, -0.05) is 17.7 Å². The van der Waals surface area contributed by atoms with E-state index in [9.17, 15) is 8.42 Å². The molecular formula is C7H9ClN2O2S. The van der Waals surface area contributed by atoms with Crippen molar-refractivity contribution in [1.29, 1.82) is 0 Å². The molecule has 0 spiro atoms. The van der Waals surface area contributed by atoms with Crippen LogP contribution in [0.4, 0.5) is 11.4 Å². The van der Waals surface area contributed by atoms with Gasteiger partial charge in [0.25, 0.3) is 0 Å². The van der Waals surface area contributed by atoms with Crippen LogP contribution in [0.5, 0.6) is 0 Å². The average molecular weight is 221 g/mol. The summed E-state index contributed by atoms with van der Waals surface area (Å²) in [7, 11) is -3.34. The summed E-state index contributed by atoms with van der Waals surface area (Å²) in [5.74, 6) is 0. The Labute approximate surface area is 81.8 Å². The molecule has 6 heteroatoms. The molecule has 1 rings (SSSR count). The van der Waals surface area contributed by atoms with Gasteiger partial charge >= 0.3 is 0 Å². The van der Waals surface area contributed by atoms with E-state index in [1.54, 1.807) is 18.2 Å². The molecule has 1 aromatic carbocycles. The summed E-state index contributed by atoms with van der Waals surface area (Å²) in [6, 6.07) is 4.77. The zero-order chi connectivity index (χ0) is 10.1. The monoisotopic (exact) mass is 220 g/mol. The Balaban J connectivity index is 3.15. The molecule has 0 amide bonds. The zero-order valence-electron chi connectivity index (χ0n) is 6.91. The van der Waals surface area contributed by atoms with E-state index >= 15 is 0 Å². The summed E-state index contributed by atoms with van der Waals surface area (Å²) in [6.45, 7) is 0. The Kier molecular flexibility index (Phi) is 2.68. The topological polar surface area (TPSA) is 72.2 Å². The van der Waals surface area contributed by atoms with E-state index in [-0.39, 0.29) is 10.7 Å². The largest absolute Gasteiger partial charge is 0.397 e. The third kappa shape index (κ3) is 2.78. The predicted octanol–water partition coefficient (Wildman–Crippen LogP) is 1.29. The van der Waals surface area contributed by atoms with Gasteiger partial charge in [-0.15, -0.1) is 0 Å². The molecular weight excluding hydrogens is 212 g/mol. The van der Waals surface area contributed by atoms with Crippen LogP contribution in [0.1, 0.15) is 0 Å². The van der Waals surface area contributed by atoms with Crippen molar-refractivity contribution in [3.05, 3.63) is 23.2 Å². The highest BCUT2D eigenvalue weighted by atomic mass is 35.5. The maximum Gasteiger partial charge on any atom is 0.229 e. The molecule has 0 aromatic heterocycles. The van der Waals surface area contributed by atoms with Gasteiger partial charge in [-0.2, -0.15) is 0 Å². The number of hydrogen-bond acceptors (Lipinski definition) is 3. The first-order valence-electron chi connectivity index (χ1n) is 3.42.